The second kappa shape index (κ2) is 8.38. The molecule has 0 bridgehead atoms. The number of anilines is 1. The number of methoxy groups -OCH3 is 1. The van der Waals surface area contributed by atoms with Crippen LogP contribution in [-0.2, 0) is 4.79 Å². The molecule has 1 N–H and O–H groups in total. The van der Waals surface area contributed by atoms with Crippen LogP contribution < -0.4 is 10.1 Å². The number of carbonyl (C=O) groups is 1. The first-order valence-corrected chi connectivity index (χ1v) is 6.86. The number of rotatable bonds is 8. The second-order valence-corrected chi connectivity index (χ2v) is 4.92. The Bertz CT molecular complexity index is 458. The summed E-state index contributed by atoms with van der Waals surface area (Å²) in [5.41, 5.74) is 1.76. The minimum Gasteiger partial charge on any atom is -0.495 e. The van der Waals surface area contributed by atoms with Crippen LogP contribution in [0.2, 0.25) is 0 Å². The van der Waals surface area contributed by atoms with E-state index in [1.165, 1.54) is 0 Å². The highest BCUT2D eigenvalue weighted by Gasteiger charge is 2.12. The van der Waals surface area contributed by atoms with Gasteiger partial charge in [-0.25, -0.2) is 0 Å². The minimum absolute atomic E-state index is 0.0378. The van der Waals surface area contributed by atoms with Gasteiger partial charge in [-0.1, -0.05) is 31.2 Å². The van der Waals surface area contributed by atoms with Gasteiger partial charge in [-0.15, -0.1) is 0 Å². The molecule has 1 aromatic rings. The number of nitrogens with one attached hydrogen (secondary N) is 1. The molecule has 0 fully saturated rings. The Hall–Kier alpha value is -1.81. The summed E-state index contributed by atoms with van der Waals surface area (Å²) in [6, 6.07) is 7.40. The average molecular weight is 276 g/mol. The van der Waals surface area contributed by atoms with Gasteiger partial charge < -0.3 is 10.1 Å². The van der Waals surface area contributed by atoms with E-state index in [1.807, 2.05) is 31.2 Å². The van der Waals surface area contributed by atoms with Crippen molar-refractivity contribution in [2.24, 2.45) is 0 Å². The highest BCUT2D eigenvalue weighted by atomic mass is 16.5. The predicted molar refractivity (Wildman–Crippen MR) is 83.2 cm³/mol. The Morgan fingerprint density at radius 2 is 2.05 bits per heavy atom. The van der Waals surface area contributed by atoms with Crippen molar-refractivity contribution in [3.05, 3.63) is 36.4 Å². The number of hydrogen-bond acceptors (Lipinski definition) is 3. The van der Waals surface area contributed by atoms with Gasteiger partial charge in [0, 0.05) is 6.54 Å². The number of amides is 1. The zero-order valence-corrected chi connectivity index (χ0v) is 12.6. The van der Waals surface area contributed by atoms with Crippen molar-refractivity contribution in [2.75, 3.05) is 32.1 Å². The Balaban J connectivity index is 2.62. The van der Waals surface area contributed by atoms with E-state index in [1.54, 1.807) is 7.11 Å². The maximum absolute atomic E-state index is 12.1. The lowest BCUT2D eigenvalue weighted by atomic mass is 10.2. The van der Waals surface area contributed by atoms with E-state index in [0.717, 1.165) is 25.1 Å². The molecule has 4 nitrogen and oxygen atoms in total. The topological polar surface area (TPSA) is 41.6 Å². The zero-order valence-electron chi connectivity index (χ0n) is 12.6. The molecule has 0 heterocycles. The van der Waals surface area contributed by atoms with Crippen LogP contribution in [0.5, 0.6) is 5.75 Å². The lowest BCUT2D eigenvalue weighted by Gasteiger charge is -2.21. The Morgan fingerprint density at radius 1 is 1.35 bits per heavy atom. The van der Waals surface area contributed by atoms with Crippen LogP contribution in [0.4, 0.5) is 5.69 Å². The van der Waals surface area contributed by atoms with Crippen LogP contribution in [0.25, 0.3) is 0 Å². The monoisotopic (exact) mass is 276 g/mol. The molecule has 0 radical (unpaired) electrons. The number of para-hydroxylation sites is 2. The van der Waals surface area contributed by atoms with Crippen LogP contribution >= 0.6 is 0 Å². The van der Waals surface area contributed by atoms with Crippen LogP contribution in [-0.4, -0.2) is 37.6 Å². The van der Waals surface area contributed by atoms with Gasteiger partial charge in [0.05, 0.1) is 19.3 Å². The summed E-state index contributed by atoms with van der Waals surface area (Å²) in [6.07, 6.45) is 1.01. The summed E-state index contributed by atoms with van der Waals surface area (Å²) >= 11 is 0. The SMILES string of the molecule is C=C(C)CN(CCC)CC(=O)Nc1ccccc1OC. The van der Waals surface area contributed by atoms with E-state index >= 15 is 0 Å². The Kier molecular flexibility index (Phi) is 6.81. The fourth-order valence-electron chi connectivity index (χ4n) is 2.05. The van der Waals surface area contributed by atoms with E-state index in [0.29, 0.717) is 18.0 Å². The van der Waals surface area contributed by atoms with E-state index < -0.39 is 0 Å². The maximum Gasteiger partial charge on any atom is 0.238 e. The number of nitrogens with zero attached hydrogens (tertiary/aromatic N) is 1. The van der Waals surface area contributed by atoms with Crippen molar-refractivity contribution in [3.63, 3.8) is 0 Å². The molecule has 1 aromatic carbocycles. The summed E-state index contributed by atoms with van der Waals surface area (Å²) in [6.45, 7) is 9.96. The third kappa shape index (κ3) is 5.45. The molecular formula is C16H24N2O2. The first-order valence-electron chi connectivity index (χ1n) is 6.86. The van der Waals surface area contributed by atoms with Crippen molar-refractivity contribution in [3.8, 4) is 5.75 Å². The van der Waals surface area contributed by atoms with E-state index in [-0.39, 0.29) is 5.91 Å². The molecule has 0 atom stereocenters. The van der Waals surface area contributed by atoms with Gasteiger partial charge in [-0.3, -0.25) is 9.69 Å². The summed E-state index contributed by atoms with van der Waals surface area (Å²) < 4.78 is 5.22. The Labute approximate surface area is 121 Å². The normalized spacial score (nSPS) is 10.4. The van der Waals surface area contributed by atoms with Gasteiger partial charge in [0.25, 0.3) is 0 Å². The lowest BCUT2D eigenvalue weighted by Crippen LogP contribution is -2.34. The number of ether oxygens (including phenoxy) is 1. The molecule has 0 saturated heterocycles. The fraction of sp³-hybridized carbons (Fsp3) is 0.438. The van der Waals surface area contributed by atoms with Gasteiger partial charge in [-0.05, 0) is 32.0 Å². The van der Waals surface area contributed by atoms with Gasteiger partial charge in [-0.2, -0.15) is 0 Å². The van der Waals surface area contributed by atoms with Gasteiger partial charge in [0.2, 0.25) is 5.91 Å². The summed E-state index contributed by atoms with van der Waals surface area (Å²) in [7, 11) is 1.59. The van der Waals surface area contributed by atoms with Crippen molar-refractivity contribution < 1.29 is 9.53 Å². The van der Waals surface area contributed by atoms with Gasteiger partial charge in [0.15, 0.2) is 0 Å². The van der Waals surface area contributed by atoms with Crippen LogP contribution in [0.1, 0.15) is 20.3 Å². The minimum atomic E-state index is -0.0378. The second-order valence-electron chi connectivity index (χ2n) is 4.92. The molecule has 110 valence electrons. The number of benzene rings is 1. The molecule has 1 amide bonds. The molecular weight excluding hydrogens is 252 g/mol. The highest BCUT2D eigenvalue weighted by molar-refractivity contribution is 5.93. The lowest BCUT2D eigenvalue weighted by molar-refractivity contribution is -0.117. The summed E-state index contributed by atoms with van der Waals surface area (Å²) in [4.78, 5) is 14.2. The number of hydrogen-bond donors (Lipinski definition) is 1. The average Bonchev–Trinajstić information content (AvgIpc) is 2.38. The van der Waals surface area contributed by atoms with Crippen LogP contribution in [0.15, 0.2) is 36.4 Å². The highest BCUT2D eigenvalue weighted by Crippen LogP contribution is 2.22. The molecule has 0 spiro atoms. The molecule has 20 heavy (non-hydrogen) atoms. The molecule has 0 aliphatic heterocycles. The molecule has 0 saturated carbocycles. The molecule has 4 heteroatoms. The smallest absolute Gasteiger partial charge is 0.238 e. The van der Waals surface area contributed by atoms with Crippen molar-refractivity contribution in [1.82, 2.24) is 4.90 Å². The molecule has 0 unspecified atom stereocenters. The standard InChI is InChI=1S/C16H24N2O2/c1-5-10-18(11-13(2)3)12-16(19)17-14-8-6-7-9-15(14)20-4/h6-9H,2,5,10-12H2,1,3-4H3,(H,17,19). The molecule has 1 rings (SSSR count). The zero-order chi connectivity index (χ0) is 15.0. The van der Waals surface area contributed by atoms with Gasteiger partial charge >= 0.3 is 0 Å². The third-order valence-corrected chi connectivity index (χ3v) is 2.78. The molecule has 0 aromatic heterocycles. The summed E-state index contributed by atoms with van der Waals surface area (Å²) in [5.74, 6) is 0.631. The summed E-state index contributed by atoms with van der Waals surface area (Å²) in [5, 5.41) is 2.89. The van der Waals surface area contributed by atoms with Gasteiger partial charge in [0.1, 0.15) is 5.75 Å². The van der Waals surface area contributed by atoms with E-state index in [2.05, 4.69) is 23.7 Å². The molecule has 0 aliphatic rings. The quantitative estimate of drug-likeness (QED) is 0.742. The van der Waals surface area contributed by atoms with E-state index in [9.17, 15) is 4.79 Å². The predicted octanol–water partition coefficient (Wildman–Crippen LogP) is 2.92. The van der Waals surface area contributed by atoms with Crippen LogP contribution in [0.3, 0.4) is 0 Å². The molecule has 0 aliphatic carbocycles. The van der Waals surface area contributed by atoms with E-state index in [4.69, 9.17) is 4.74 Å². The number of carbonyl (C=O) groups excluding carboxylic acids is 1. The first-order chi connectivity index (χ1) is 9.56. The fourth-order valence-corrected chi connectivity index (χ4v) is 2.05. The third-order valence-electron chi connectivity index (χ3n) is 2.78. The Morgan fingerprint density at radius 3 is 2.65 bits per heavy atom. The first kappa shape index (κ1) is 16.2. The van der Waals surface area contributed by atoms with Crippen molar-refractivity contribution in [2.45, 2.75) is 20.3 Å². The maximum atomic E-state index is 12.1. The van der Waals surface area contributed by atoms with Crippen molar-refractivity contribution in [1.29, 1.82) is 0 Å². The largest absolute Gasteiger partial charge is 0.495 e. The van der Waals surface area contributed by atoms with Crippen molar-refractivity contribution >= 4 is 11.6 Å². The van der Waals surface area contributed by atoms with Crippen LogP contribution in [0, 0.1) is 0 Å².